The van der Waals surface area contributed by atoms with Crippen LogP contribution in [0.4, 0.5) is 0 Å². The Kier molecular flexibility index (Phi) is 7.16. The summed E-state index contributed by atoms with van der Waals surface area (Å²) in [6.07, 6.45) is 0. The van der Waals surface area contributed by atoms with E-state index in [2.05, 4.69) is 104 Å². The number of hydrogen-bond acceptors (Lipinski definition) is 1. The van der Waals surface area contributed by atoms with Crippen molar-refractivity contribution in [1.82, 2.24) is 0 Å². The molecule has 0 amide bonds. The van der Waals surface area contributed by atoms with E-state index in [1.807, 2.05) is 0 Å². The molecule has 0 aromatic rings. The van der Waals surface area contributed by atoms with Gasteiger partial charge in [-0.05, 0) is 33.0 Å². The minimum atomic E-state index is 0.0767. The van der Waals surface area contributed by atoms with Crippen molar-refractivity contribution >= 4 is 0 Å². The van der Waals surface area contributed by atoms with Gasteiger partial charge in [-0.3, -0.25) is 0 Å². The lowest BCUT2D eigenvalue weighted by Crippen LogP contribution is -2.58. The van der Waals surface area contributed by atoms with E-state index in [-0.39, 0.29) is 32.5 Å². The summed E-state index contributed by atoms with van der Waals surface area (Å²) in [7, 11) is 0. The van der Waals surface area contributed by atoms with Gasteiger partial charge in [-0.15, -0.1) is 0 Å². The summed E-state index contributed by atoms with van der Waals surface area (Å²) < 4.78 is 6.59. The molecule has 0 heterocycles. The van der Waals surface area contributed by atoms with Gasteiger partial charge in [0, 0.05) is 5.41 Å². The minimum absolute atomic E-state index is 0.0767. The predicted octanol–water partition coefficient (Wildman–Crippen LogP) is 7.84. The van der Waals surface area contributed by atoms with Crippen LogP contribution in [0, 0.1) is 38.4 Å². The first-order valence-corrected chi connectivity index (χ1v) is 10.2. The molecule has 0 rings (SSSR count). The van der Waals surface area contributed by atoms with Crippen LogP contribution in [-0.4, -0.2) is 13.2 Å². The maximum absolute atomic E-state index is 6.59. The lowest BCUT2D eigenvalue weighted by atomic mass is 9.45. The molecular weight excluding hydrogens is 304 g/mol. The zero-order valence-electron chi connectivity index (χ0n) is 20.4. The molecule has 0 aromatic heterocycles. The van der Waals surface area contributed by atoms with E-state index in [0.29, 0.717) is 5.92 Å². The van der Waals surface area contributed by atoms with Gasteiger partial charge in [0.15, 0.2) is 0 Å². The van der Waals surface area contributed by atoms with Gasteiger partial charge in [0.2, 0.25) is 0 Å². The third-order valence-electron chi connectivity index (χ3n) is 6.53. The van der Waals surface area contributed by atoms with Gasteiger partial charge in [-0.25, -0.2) is 0 Å². The largest absolute Gasteiger partial charge is 0.380 e. The zero-order valence-corrected chi connectivity index (χ0v) is 20.4. The highest BCUT2D eigenvalue weighted by molar-refractivity contribution is 5.05. The van der Waals surface area contributed by atoms with Gasteiger partial charge in [-0.1, -0.05) is 104 Å². The average Bonchev–Trinajstić information content (AvgIpc) is 2.18. The lowest BCUT2D eigenvalue weighted by Gasteiger charge is -2.61. The maximum Gasteiger partial charge on any atom is 0.0537 e. The Hall–Kier alpha value is -0.0400. The Balaban J connectivity index is 5.74. The fourth-order valence-electron chi connectivity index (χ4n) is 6.15. The summed E-state index contributed by atoms with van der Waals surface area (Å²) in [4.78, 5) is 0. The first-order valence-electron chi connectivity index (χ1n) is 10.2. The van der Waals surface area contributed by atoms with Crippen LogP contribution in [0.3, 0.4) is 0 Å². The van der Waals surface area contributed by atoms with Crippen LogP contribution in [0.5, 0.6) is 0 Å². The van der Waals surface area contributed by atoms with Gasteiger partial charge in [0.1, 0.15) is 0 Å². The minimum Gasteiger partial charge on any atom is -0.380 e. The van der Waals surface area contributed by atoms with Crippen LogP contribution >= 0.6 is 0 Å². The van der Waals surface area contributed by atoms with Crippen molar-refractivity contribution in [1.29, 1.82) is 0 Å². The van der Waals surface area contributed by atoms with Gasteiger partial charge in [0.25, 0.3) is 0 Å². The van der Waals surface area contributed by atoms with Crippen molar-refractivity contribution in [2.75, 3.05) is 13.2 Å². The molecule has 1 nitrogen and oxygen atoms in total. The summed E-state index contributed by atoms with van der Waals surface area (Å²) in [6, 6.07) is 0. The first kappa shape index (κ1) is 25.0. The van der Waals surface area contributed by atoms with Gasteiger partial charge < -0.3 is 4.74 Å². The van der Waals surface area contributed by atoms with E-state index in [4.69, 9.17) is 4.74 Å². The molecule has 0 spiro atoms. The molecular formula is C24H50O. The van der Waals surface area contributed by atoms with Gasteiger partial charge in [0.05, 0.1) is 13.2 Å². The molecule has 25 heavy (non-hydrogen) atoms. The summed E-state index contributed by atoms with van der Waals surface area (Å²) in [5, 5.41) is 0. The van der Waals surface area contributed by atoms with E-state index in [1.54, 1.807) is 0 Å². The monoisotopic (exact) mass is 354 g/mol. The van der Waals surface area contributed by atoms with Gasteiger partial charge >= 0.3 is 0 Å². The van der Waals surface area contributed by atoms with Crippen LogP contribution in [0.25, 0.3) is 0 Å². The SMILES string of the molecule is CC(C)(C)C(COCC(C(C)(C)C)(C(C)(C)C)C(C)(C)C)C(C)(C)C. The van der Waals surface area contributed by atoms with Gasteiger partial charge in [-0.2, -0.15) is 0 Å². The fraction of sp³-hybridized carbons (Fsp3) is 1.00. The lowest BCUT2D eigenvalue weighted by molar-refractivity contribution is -0.175. The van der Waals surface area contributed by atoms with Crippen molar-refractivity contribution in [2.24, 2.45) is 38.4 Å². The quantitative estimate of drug-likeness (QED) is 0.499. The molecule has 0 N–H and O–H groups in total. The van der Waals surface area contributed by atoms with Crippen molar-refractivity contribution in [3.8, 4) is 0 Å². The smallest absolute Gasteiger partial charge is 0.0537 e. The predicted molar refractivity (Wildman–Crippen MR) is 114 cm³/mol. The van der Waals surface area contributed by atoms with Crippen LogP contribution in [0.1, 0.15) is 104 Å². The molecule has 0 atom stereocenters. The Labute approximate surface area is 160 Å². The third-order valence-corrected chi connectivity index (χ3v) is 6.53. The van der Waals surface area contributed by atoms with E-state index in [0.717, 1.165) is 13.2 Å². The summed E-state index contributed by atoms with van der Waals surface area (Å²) in [6.45, 7) is 37.2. The number of hydrogen-bond donors (Lipinski definition) is 0. The van der Waals surface area contributed by atoms with Crippen LogP contribution in [0.15, 0.2) is 0 Å². The van der Waals surface area contributed by atoms with Crippen molar-refractivity contribution in [3.05, 3.63) is 0 Å². The average molecular weight is 355 g/mol. The molecule has 0 aliphatic carbocycles. The molecule has 0 aromatic carbocycles. The van der Waals surface area contributed by atoms with E-state index < -0.39 is 0 Å². The second-order valence-corrected chi connectivity index (χ2v) is 13.5. The molecule has 0 fully saturated rings. The van der Waals surface area contributed by atoms with Crippen molar-refractivity contribution in [2.45, 2.75) is 104 Å². The Morgan fingerprint density at radius 3 is 1.00 bits per heavy atom. The summed E-state index contributed by atoms with van der Waals surface area (Å²) in [5.74, 6) is 0.526. The summed E-state index contributed by atoms with van der Waals surface area (Å²) >= 11 is 0. The molecule has 1 heteroatoms. The number of ether oxygens (including phenoxy) is 1. The van der Waals surface area contributed by atoms with E-state index in [1.165, 1.54) is 0 Å². The topological polar surface area (TPSA) is 9.23 Å². The normalized spacial score (nSPS) is 15.8. The first-order chi connectivity index (χ1) is 10.6. The molecule has 0 saturated carbocycles. The fourth-order valence-corrected chi connectivity index (χ4v) is 6.15. The molecule has 0 aliphatic rings. The maximum atomic E-state index is 6.59. The van der Waals surface area contributed by atoms with Crippen LogP contribution < -0.4 is 0 Å². The van der Waals surface area contributed by atoms with E-state index in [9.17, 15) is 0 Å². The zero-order chi connectivity index (χ0) is 20.7. The molecule has 152 valence electrons. The van der Waals surface area contributed by atoms with Crippen molar-refractivity contribution in [3.63, 3.8) is 0 Å². The van der Waals surface area contributed by atoms with E-state index >= 15 is 0 Å². The summed E-state index contributed by atoms with van der Waals surface area (Å²) in [5.41, 5.74) is 1.03. The highest BCUT2D eigenvalue weighted by Crippen LogP contribution is 2.61. The standard InChI is InChI=1S/C24H50O/c1-19(2,3)18(20(4,5)6)16-25-17-24(21(7,8)9,22(10,11)12)23(13,14)15/h18H,16-17H2,1-15H3. The van der Waals surface area contributed by atoms with Crippen LogP contribution in [0.2, 0.25) is 0 Å². The second kappa shape index (κ2) is 7.17. The van der Waals surface area contributed by atoms with Crippen molar-refractivity contribution < 1.29 is 4.74 Å². The molecule has 0 bridgehead atoms. The highest BCUT2D eigenvalue weighted by atomic mass is 16.5. The molecule has 0 aliphatic heterocycles. The Bertz CT molecular complexity index is 359. The third kappa shape index (κ3) is 5.47. The molecule has 0 radical (unpaired) electrons. The number of rotatable bonds is 4. The molecule has 0 saturated heterocycles. The molecule has 0 unspecified atom stereocenters. The van der Waals surface area contributed by atoms with Crippen LogP contribution in [-0.2, 0) is 4.74 Å². The Morgan fingerprint density at radius 1 is 0.520 bits per heavy atom. The highest BCUT2D eigenvalue weighted by Gasteiger charge is 2.57. The Morgan fingerprint density at radius 2 is 0.800 bits per heavy atom. The second-order valence-electron chi connectivity index (χ2n) is 13.5.